The first-order chi connectivity index (χ1) is 14.5. The summed E-state index contributed by atoms with van der Waals surface area (Å²) in [6, 6.07) is 11.9. The molecule has 0 saturated carbocycles. The average molecular weight is 429 g/mol. The number of carboxylic acid groups (broad SMARTS) is 1. The summed E-state index contributed by atoms with van der Waals surface area (Å²) < 4.78 is 10.9. The van der Waals surface area contributed by atoms with Crippen molar-refractivity contribution in [3.05, 3.63) is 59.3 Å². The molecule has 8 heteroatoms. The zero-order valence-corrected chi connectivity index (χ0v) is 17.3. The Kier molecular flexibility index (Phi) is 5.30. The lowest BCUT2D eigenvalue weighted by molar-refractivity contribution is -0.147. The van der Waals surface area contributed by atoms with Crippen molar-refractivity contribution in [2.45, 2.75) is 18.4 Å². The van der Waals surface area contributed by atoms with Crippen LogP contribution in [-0.4, -0.2) is 48.0 Å². The summed E-state index contributed by atoms with van der Waals surface area (Å²) in [5.41, 5.74) is 3.63. The van der Waals surface area contributed by atoms with E-state index in [1.54, 1.807) is 25.3 Å². The lowest BCUT2D eigenvalue weighted by Gasteiger charge is -2.39. The van der Waals surface area contributed by atoms with E-state index >= 15 is 0 Å². The van der Waals surface area contributed by atoms with Crippen molar-refractivity contribution in [1.29, 1.82) is 0 Å². The largest absolute Gasteiger partial charge is 0.497 e. The monoisotopic (exact) mass is 428 g/mol. The number of carbonyl (C=O) groups is 2. The van der Waals surface area contributed by atoms with Crippen LogP contribution in [0.2, 0.25) is 0 Å². The van der Waals surface area contributed by atoms with Gasteiger partial charge in [-0.15, -0.1) is 11.6 Å². The van der Waals surface area contributed by atoms with Gasteiger partial charge in [0.2, 0.25) is 5.91 Å². The molecule has 30 heavy (non-hydrogen) atoms. The number of allylic oxidation sites excluding steroid dienone is 1. The van der Waals surface area contributed by atoms with Crippen molar-refractivity contribution in [3.8, 4) is 11.5 Å². The molecule has 0 saturated heterocycles. The molecule has 0 aliphatic carbocycles. The van der Waals surface area contributed by atoms with Crippen LogP contribution in [0.15, 0.2) is 48.2 Å². The van der Waals surface area contributed by atoms with Crippen LogP contribution in [0, 0.1) is 0 Å². The van der Waals surface area contributed by atoms with Gasteiger partial charge < -0.3 is 19.9 Å². The van der Waals surface area contributed by atoms with E-state index in [0.717, 1.165) is 16.9 Å². The number of alkyl halides is 1. The molecule has 2 N–H and O–H groups in total. The smallest absolute Gasteiger partial charge is 0.326 e. The Hall–Kier alpha value is -3.19. The van der Waals surface area contributed by atoms with E-state index in [2.05, 4.69) is 5.32 Å². The number of hydrogen-bond acceptors (Lipinski definition) is 5. The molecule has 2 aliphatic heterocycles. The highest BCUT2D eigenvalue weighted by Crippen LogP contribution is 2.50. The zero-order valence-electron chi connectivity index (χ0n) is 16.5. The standard InChI is InChI=1S/C22H21ClN2O5/c1-29-12-7-8-18(30-2)15(9-12)21-20-14(13-5-3-4-6-16(13)24-20)10-17(22(27)28)25(21)19(26)11-23/h3-9,14,17,24H,10-11H2,1-2H3,(H,27,28)/t14?,17-/m0/s1. The minimum Gasteiger partial charge on any atom is -0.497 e. The number of hydrogen-bond donors (Lipinski definition) is 2. The van der Waals surface area contributed by atoms with Gasteiger partial charge in [-0.05, 0) is 36.2 Å². The maximum Gasteiger partial charge on any atom is 0.326 e. The highest BCUT2D eigenvalue weighted by molar-refractivity contribution is 6.28. The van der Waals surface area contributed by atoms with Crippen molar-refractivity contribution in [2.75, 3.05) is 25.4 Å². The number of anilines is 1. The number of aliphatic carboxylic acids is 1. The molecule has 2 atom stereocenters. The number of benzene rings is 2. The SMILES string of the molecule is COc1ccc(OC)c(C2=C3Nc4ccccc4C3C[C@@H](C(=O)O)N2C(=O)CCl)c1. The third kappa shape index (κ3) is 3.15. The van der Waals surface area contributed by atoms with E-state index in [0.29, 0.717) is 22.8 Å². The van der Waals surface area contributed by atoms with Gasteiger partial charge in [0.15, 0.2) is 0 Å². The summed E-state index contributed by atoms with van der Waals surface area (Å²) in [5.74, 6) is -1.07. The van der Waals surface area contributed by atoms with E-state index < -0.39 is 17.9 Å². The van der Waals surface area contributed by atoms with Gasteiger partial charge in [0.05, 0.1) is 19.9 Å². The number of amides is 1. The number of para-hydroxylation sites is 1. The van der Waals surface area contributed by atoms with Crippen LogP contribution in [-0.2, 0) is 9.59 Å². The van der Waals surface area contributed by atoms with Crippen molar-refractivity contribution in [3.63, 3.8) is 0 Å². The third-order valence-corrected chi connectivity index (χ3v) is 5.78. The Balaban J connectivity index is 2.02. The number of ether oxygens (including phenoxy) is 2. The number of carbonyl (C=O) groups excluding carboxylic acids is 1. The Bertz CT molecular complexity index is 1050. The maximum atomic E-state index is 12.9. The Morgan fingerprint density at radius 2 is 1.97 bits per heavy atom. The fourth-order valence-corrected chi connectivity index (χ4v) is 4.36. The quantitative estimate of drug-likeness (QED) is 0.708. The molecule has 1 amide bonds. The Morgan fingerprint density at radius 1 is 1.20 bits per heavy atom. The number of nitrogens with zero attached hydrogens (tertiary/aromatic N) is 1. The van der Waals surface area contributed by atoms with Gasteiger partial charge in [-0.1, -0.05) is 18.2 Å². The van der Waals surface area contributed by atoms with Gasteiger partial charge in [-0.2, -0.15) is 0 Å². The van der Waals surface area contributed by atoms with Crippen LogP contribution in [0.3, 0.4) is 0 Å². The van der Waals surface area contributed by atoms with Crippen LogP contribution in [0.1, 0.15) is 23.5 Å². The summed E-state index contributed by atoms with van der Waals surface area (Å²) in [6.45, 7) is 0. The van der Waals surface area contributed by atoms with Gasteiger partial charge in [0.25, 0.3) is 0 Å². The molecule has 0 radical (unpaired) electrons. The fraction of sp³-hybridized carbons (Fsp3) is 0.273. The van der Waals surface area contributed by atoms with E-state index in [1.165, 1.54) is 12.0 Å². The van der Waals surface area contributed by atoms with Crippen LogP contribution < -0.4 is 14.8 Å². The molecule has 0 bridgehead atoms. The number of halogens is 1. The molecule has 2 aromatic carbocycles. The minimum atomic E-state index is -1.09. The predicted molar refractivity (Wildman–Crippen MR) is 113 cm³/mol. The van der Waals surface area contributed by atoms with Gasteiger partial charge in [0.1, 0.15) is 23.4 Å². The van der Waals surface area contributed by atoms with Crippen LogP contribution >= 0.6 is 11.6 Å². The van der Waals surface area contributed by atoms with E-state index in [9.17, 15) is 14.7 Å². The molecule has 0 spiro atoms. The predicted octanol–water partition coefficient (Wildman–Crippen LogP) is 3.51. The molecular formula is C22H21ClN2O5. The molecule has 7 nitrogen and oxygen atoms in total. The zero-order chi connectivity index (χ0) is 21.4. The van der Waals surface area contributed by atoms with E-state index in [4.69, 9.17) is 21.1 Å². The van der Waals surface area contributed by atoms with Crippen LogP contribution in [0.25, 0.3) is 5.70 Å². The third-order valence-electron chi connectivity index (χ3n) is 5.55. The van der Waals surface area contributed by atoms with Crippen molar-refractivity contribution in [2.24, 2.45) is 0 Å². The molecular weight excluding hydrogens is 408 g/mol. The molecule has 0 fully saturated rings. The van der Waals surface area contributed by atoms with Gasteiger partial charge in [-0.25, -0.2) is 4.79 Å². The summed E-state index contributed by atoms with van der Waals surface area (Å²) >= 11 is 5.89. The molecule has 1 unspecified atom stereocenters. The van der Waals surface area contributed by atoms with Crippen LogP contribution in [0.5, 0.6) is 11.5 Å². The normalized spacial score (nSPS) is 19.6. The second kappa shape index (κ2) is 7.91. The number of nitrogens with one attached hydrogen (secondary N) is 1. The van der Waals surface area contributed by atoms with Crippen molar-refractivity contribution < 1.29 is 24.2 Å². The highest BCUT2D eigenvalue weighted by Gasteiger charge is 2.45. The first-order valence-corrected chi connectivity index (χ1v) is 9.97. The molecule has 2 aliphatic rings. The number of rotatable bonds is 5. The fourth-order valence-electron chi connectivity index (χ4n) is 4.23. The van der Waals surface area contributed by atoms with Crippen molar-refractivity contribution >= 4 is 34.9 Å². The topological polar surface area (TPSA) is 88.1 Å². The number of methoxy groups -OCH3 is 2. The number of fused-ring (bicyclic) bond motifs is 3. The minimum absolute atomic E-state index is 0.201. The average Bonchev–Trinajstić information content (AvgIpc) is 3.15. The van der Waals surface area contributed by atoms with Crippen molar-refractivity contribution in [1.82, 2.24) is 4.90 Å². The highest BCUT2D eigenvalue weighted by atomic mass is 35.5. The Morgan fingerprint density at radius 3 is 2.63 bits per heavy atom. The van der Waals surface area contributed by atoms with Gasteiger partial charge in [-0.3, -0.25) is 9.69 Å². The first kappa shape index (κ1) is 20.1. The Labute approximate surface area is 178 Å². The molecule has 2 heterocycles. The number of carboxylic acids is 1. The van der Waals surface area contributed by atoms with Gasteiger partial charge >= 0.3 is 5.97 Å². The summed E-state index contributed by atoms with van der Waals surface area (Å²) in [4.78, 5) is 26.4. The molecule has 156 valence electrons. The second-order valence-electron chi connectivity index (χ2n) is 7.08. The lowest BCUT2D eigenvalue weighted by Crippen LogP contribution is -2.48. The summed E-state index contributed by atoms with van der Waals surface area (Å²) in [7, 11) is 3.06. The first-order valence-electron chi connectivity index (χ1n) is 9.43. The van der Waals surface area contributed by atoms with E-state index in [-0.39, 0.29) is 18.2 Å². The summed E-state index contributed by atoms with van der Waals surface area (Å²) in [5, 5.41) is 13.4. The van der Waals surface area contributed by atoms with Gasteiger partial charge in [0, 0.05) is 22.9 Å². The van der Waals surface area contributed by atoms with E-state index in [1.807, 2.05) is 24.3 Å². The molecule has 2 aromatic rings. The lowest BCUT2D eigenvalue weighted by atomic mass is 9.84. The summed E-state index contributed by atoms with van der Waals surface area (Å²) in [6.07, 6.45) is 0.243. The second-order valence-corrected chi connectivity index (χ2v) is 7.35. The maximum absolute atomic E-state index is 12.9. The van der Waals surface area contributed by atoms with Crippen LogP contribution in [0.4, 0.5) is 5.69 Å². The molecule has 0 aromatic heterocycles. The molecule has 4 rings (SSSR count).